The monoisotopic (exact) mass is 499 g/mol. The summed E-state index contributed by atoms with van der Waals surface area (Å²) in [5, 5.41) is 3.22. The SMILES string of the molecule is CN=C(NCC(C)Oc1ccc(F)cc1)N1CCS(=O)(=O)C(C)(C)C1.I. The van der Waals surface area contributed by atoms with E-state index >= 15 is 0 Å². The highest BCUT2D eigenvalue weighted by molar-refractivity contribution is 14.0. The number of nitrogens with one attached hydrogen (secondary N) is 1. The maximum Gasteiger partial charge on any atom is 0.193 e. The van der Waals surface area contributed by atoms with Crippen molar-refractivity contribution in [1.29, 1.82) is 0 Å². The Morgan fingerprint density at radius 1 is 1.38 bits per heavy atom. The first-order chi connectivity index (χ1) is 11.6. The maximum absolute atomic E-state index is 12.9. The molecule has 2 rings (SSSR count). The molecule has 1 aliphatic rings. The Kier molecular flexibility index (Phi) is 8.12. The minimum absolute atomic E-state index is 0. The second-order valence-corrected chi connectivity index (χ2v) is 9.55. The number of guanidine groups is 1. The first kappa shape index (κ1) is 22.9. The molecule has 148 valence electrons. The molecule has 1 fully saturated rings. The van der Waals surface area contributed by atoms with Gasteiger partial charge in [-0.1, -0.05) is 0 Å². The fourth-order valence-electron chi connectivity index (χ4n) is 2.68. The molecular weight excluding hydrogens is 472 g/mol. The van der Waals surface area contributed by atoms with Crippen LogP contribution in [0.1, 0.15) is 20.8 Å². The zero-order valence-electron chi connectivity index (χ0n) is 15.5. The number of aliphatic imine (C=N–C) groups is 1. The van der Waals surface area contributed by atoms with Gasteiger partial charge in [-0.15, -0.1) is 24.0 Å². The van der Waals surface area contributed by atoms with Crippen molar-refractivity contribution >= 4 is 39.8 Å². The fraction of sp³-hybridized carbons (Fsp3) is 0.588. The van der Waals surface area contributed by atoms with Gasteiger partial charge in [0.15, 0.2) is 15.8 Å². The topological polar surface area (TPSA) is 71.0 Å². The second-order valence-electron chi connectivity index (χ2n) is 6.81. The molecule has 0 bridgehead atoms. The summed E-state index contributed by atoms with van der Waals surface area (Å²) in [4.78, 5) is 6.20. The highest BCUT2D eigenvalue weighted by Crippen LogP contribution is 2.23. The van der Waals surface area contributed by atoms with Gasteiger partial charge in [-0.3, -0.25) is 4.99 Å². The number of halogens is 2. The van der Waals surface area contributed by atoms with Crippen molar-refractivity contribution in [2.45, 2.75) is 31.6 Å². The van der Waals surface area contributed by atoms with E-state index in [0.717, 1.165) is 0 Å². The first-order valence-electron chi connectivity index (χ1n) is 8.25. The van der Waals surface area contributed by atoms with E-state index in [1.807, 2.05) is 11.8 Å². The van der Waals surface area contributed by atoms with E-state index in [4.69, 9.17) is 4.74 Å². The van der Waals surface area contributed by atoms with Crippen molar-refractivity contribution in [3.05, 3.63) is 30.1 Å². The first-order valence-corrected chi connectivity index (χ1v) is 9.90. The summed E-state index contributed by atoms with van der Waals surface area (Å²) in [7, 11) is -1.42. The maximum atomic E-state index is 12.9. The molecule has 0 amide bonds. The molecular formula is C17H27FIN3O3S. The van der Waals surface area contributed by atoms with Gasteiger partial charge in [0.05, 0.1) is 17.0 Å². The summed E-state index contributed by atoms with van der Waals surface area (Å²) in [6.45, 7) is 6.67. The summed E-state index contributed by atoms with van der Waals surface area (Å²) in [5.74, 6) is 1.05. The Balaban J connectivity index is 0.00000338. The smallest absolute Gasteiger partial charge is 0.193 e. The third-order valence-electron chi connectivity index (χ3n) is 4.25. The molecule has 9 heteroatoms. The Bertz CT molecular complexity index is 723. The van der Waals surface area contributed by atoms with Gasteiger partial charge >= 0.3 is 0 Å². The van der Waals surface area contributed by atoms with E-state index in [0.29, 0.717) is 31.3 Å². The summed E-state index contributed by atoms with van der Waals surface area (Å²) >= 11 is 0. The molecule has 1 aliphatic heterocycles. The van der Waals surface area contributed by atoms with Crippen LogP contribution in [0, 0.1) is 5.82 Å². The largest absolute Gasteiger partial charge is 0.489 e. The predicted molar refractivity (Wildman–Crippen MR) is 113 cm³/mol. The molecule has 0 aliphatic carbocycles. The van der Waals surface area contributed by atoms with E-state index < -0.39 is 14.6 Å². The fourth-order valence-corrected chi connectivity index (χ4v) is 4.04. The van der Waals surface area contributed by atoms with Crippen molar-refractivity contribution in [3.8, 4) is 5.75 Å². The minimum atomic E-state index is -3.09. The lowest BCUT2D eigenvalue weighted by Crippen LogP contribution is -2.57. The second kappa shape index (κ2) is 9.20. The van der Waals surface area contributed by atoms with E-state index in [2.05, 4.69) is 10.3 Å². The van der Waals surface area contributed by atoms with Crippen LogP contribution >= 0.6 is 24.0 Å². The number of ether oxygens (including phenoxy) is 1. The van der Waals surface area contributed by atoms with Gasteiger partial charge in [0.1, 0.15) is 17.7 Å². The number of benzene rings is 1. The van der Waals surface area contributed by atoms with Gasteiger partial charge in [-0.05, 0) is 45.0 Å². The lowest BCUT2D eigenvalue weighted by molar-refractivity contribution is 0.221. The van der Waals surface area contributed by atoms with Crippen molar-refractivity contribution in [2.75, 3.05) is 32.4 Å². The lowest BCUT2D eigenvalue weighted by atomic mass is 10.2. The number of sulfone groups is 1. The Morgan fingerprint density at radius 2 is 2.00 bits per heavy atom. The molecule has 0 radical (unpaired) electrons. The number of hydrogen-bond acceptors (Lipinski definition) is 4. The van der Waals surface area contributed by atoms with Crippen LogP contribution in [0.4, 0.5) is 4.39 Å². The zero-order chi connectivity index (χ0) is 18.7. The molecule has 1 heterocycles. The zero-order valence-corrected chi connectivity index (χ0v) is 18.7. The molecule has 1 aromatic carbocycles. The highest BCUT2D eigenvalue weighted by Gasteiger charge is 2.40. The van der Waals surface area contributed by atoms with Gasteiger partial charge in [-0.25, -0.2) is 12.8 Å². The molecule has 1 unspecified atom stereocenters. The van der Waals surface area contributed by atoms with Gasteiger partial charge in [-0.2, -0.15) is 0 Å². The number of hydrogen-bond donors (Lipinski definition) is 1. The van der Waals surface area contributed by atoms with Gasteiger partial charge in [0.2, 0.25) is 0 Å². The van der Waals surface area contributed by atoms with Crippen LogP contribution in [0.15, 0.2) is 29.3 Å². The highest BCUT2D eigenvalue weighted by atomic mass is 127. The molecule has 1 atom stereocenters. The van der Waals surface area contributed by atoms with Crippen LogP contribution in [0.3, 0.4) is 0 Å². The van der Waals surface area contributed by atoms with E-state index in [9.17, 15) is 12.8 Å². The summed E-state index contributed by atoms with van der Waals surface area (Å²) in [6, 6.07) is 5.87. The molecule has 1 saturated heterocycles. The van der Waals surface area contributed by atoms with E-state index in [-0.39, 0.29) is 41.7 Å². The van der Waals surface area contributed by atoms with Gasteiger partial charge in [0, 0.05) is 20.1 Å². The molecule has 0 spiro atoms. The van der Waals surface area contributed by atoms with Crippen LogP contribution in [0.25, 0.3) is 0 Å². The Labute approximate surface area is 172 Å². The molecule has 26 heavy (non-hydrogen) atoms. The Morgan fingerprint density at radius 3 is 2.54 bits per heavy atom. The molecule has 0 saturated carbocycles. The molecule has 0 aromatic heterocycles. The van der Waals surface area contributed by atoms with E-state index in [1.165, 1.54) is 12.1 Å². The molecule has 1 aromatic rings. The van der Waals surface area contributed by atoms with Crippen molar-refractivity contribution in [1.82, 2.24) is 10.2 Å². The van der Waals surface area contributed by atoms with Crippen LogP contribution in [0.2, 0.25) is 0 Å². The number of nitrogens with zero attached hydrogens (tertiary/aromatic N) is 2. The van der Waals surface area contributed by atoms with Crippen molar-refractivity contribution < 1.29 is 17.5 Å². The summed E-state index contributed by atoms with van der Waals surface area (Å²) in [5.41, 5.74) is 0. The quantitative estimate of drug-likeness (QED) is 0.391. The van der Waals surface area contributed by atoms with Crippen molar-refractivity contribution in [2.24, 2.45) is 4.99 Å². The average Bonchev–Trinajstić information content (AvgIpc) is 2.53. The average molecular weight is 499 g/mol. The third kappa shape index (κ3) is 5.70. The lowest BCUT2D eigenvalue weighted by Gasteiger charge is -2.39. The minimum Gasteiger partial charge on any atom is -0.489 e. The van der Waals surface area contributed by atoms with Crippen LogP contribution in [-0.4, -0.2) is 62.6 Å². The summed E-state index contributed by atoms with van der Waals surface area (Å²) in [6.07, 6.45) is -0.163. The normalized spacial score (nSPS) is 20.0. The summed E-state index contributed by atoms with van der Waals surface area (Å²) < 4.78 is 42.1. The van der Waals surface area contributed by atoms with Gasteiger partial charge < -0.3 is 15.0 Å². The molecule has 6 nitrogen and oxygen atoms in total. The molecule has 1 N–H and O–H groups in total. The van der Waals surface area contributed by atoms with E-state index in [1.54, 1.807) is 33.0 Å². The van der Waals surface area contributed by atoms with Crippen LogP contribution in [-0.2, 0) is 9.84 Å². The van der Waals surface area contributed by atoms with Crippen molar-refractivity contribution in [3.63, 3.8) is 0 Å². The number of rotatable bonds is 4. The van der Waals surface area contributed by atoms with Gasteiger partial charge in [0.25, 0.3) is 0 Å². The standard InChI is InChI=1S/C17H26FN3O3S.HI/c1-13(24-15-7-5-14(18)6-8-15)11-20-16(19-4)21-9-10-25(22,23)17(2,3)12-21;/h5-8,13H,9-12H2,1-4H3,(H,19,20);1H. The Hall–Kier alpha value is -1.10. The van der Waals surface area contributed by atoms with Crippen LogP contribution < -0.4 is 10.1 Å². The predicted octanol–water partition coefficient (Wildman–Crippen LogP) is 2.30. The third-order valence-corrected chi connectivity index (χ3v) is 6.79. The van der Waals surface area contributed by atoms with Crippen LogP contribution in [0.5, 0.6) is 5.75 Å².